The number of H-pyrrole nitrogens is 1. The van der Waals surface area contributed by atoms with Crippen molar-refractivity contribution >= 4 is 28.7 Å². The Balaban J connectivity index is 1.87. The van der Waals surface area contributed by atoms with Crippen LogP contribution in [0.2, 0.25) is 0 Å². The predicted molar refractivity (Wildman–Crippen MR) is 86.1 cm³/mol. The maximum Gasteiger partial charge on any atom is 0.228 e. The van der Waals surface area contributed by atoms with Gasteiger partial charge in [0.25, 0.3) is 0 Å². The molecule has 1 aromatic carbocycles. The Hall–Kier alpha value is -2.47. The molecular weight excluding hydrogens is 284 g/mol. The average Bonchev–Trinajstić information content (AvgIpc) is 2.96. The molecule has 0 radical (unpaired) electrons. The van der Waals surface area contributed by atoms with E-state index in [0.29, 0.717) is 12.5 Å². The number of nitrogens with one attached hydrogen (secondary N) is 2. The first-order valence-corrected chi connectivity index (χ1v) is 7.28. The maximum absolute atomic E-state index is 5.84. The Morgan fingerprint density at radius 2 is 2.14 bits per heavy atom. The maximum atomic E-state index is 5.84. The van der Waals surface area contributed by atoms with Gasteiger partial charge in [-0.15, -0.1) is 0 Å². The van der Waals surface area contributed by atoms with Gasteiger partial charge in [0.15, 0.2) is 0 Å². The molecule has 0 aliphatic rings. The average molecular weight is 298 g/mol. The zero-order valence-electron chi connectivity index (χ0n) is 11.2. The quantitative estimate of drug-likeness (QED) is 0.679. The lowest BCUT2D eigenvalue weighted by molar-refractivity contribution is 0.298. The summed E-state index contributed by atoms with van der Waals surface area (Å²) in [6.07, 6.45) is 3.33. The largest absolute Gasteiger partial charge is 0.472 e. The van der Waals surface area contributed by atoms with Crippen molar-refractivity contribution in [3.05, 3.63) is 60.4 Å². The summed E-state index contributed by atoms with van der Waals surface area (Å²) in [6, 6.07) is 9.98. The van der Waals surface area contributed by atoms with Gasteiger partial charge in [-0.3, -0.25) is 0 Å². The number of ether oxygens (including phenoxy) is 1. The lowest BCUT2D eigenvalue weighted by Crippen LogP contribution is -1.98. The molecule has 0 spiro atoms. The number of benzene rings is 1. The highest BCUT2D eigenvalue weighted by Crippen LogP contribution is 2.31. The summed E-state index contributed by atoms with van der Waals surface area (Å²) in [5.74, 6) is 0.553. The number of aromatic amines is 1. The lowest BCUT2D eigenvalue weighted by atomic mass is 10.2. The summed E-state index contributed by atoms with van der Waals surface area (Å²) in [4.78, 5) is 11.5. The van der Waals surface area contributed by atoms with Gasteiger partial charge in [-0.2, -0.15) is 0 Å². The van der Waals surface area contributed by atoms with Crippen molar-refractivity contribution in [1.82, 2.24) is 15.0 Å². The molecule has 2 heterocycles. The Morgan fingerprint density at radius 3 is 2.95 bits per heavy atom. The van der Waals surface area contributed by atoms with Crippen LogP contribution in [0, 0.1) is 0 Å². The summed E-state index contributed by atoms with van der Waals surface area (Å²) < 4.78 is 9.00. The van der Waals surface area contributed by atoms with Crippen LogP contribution in [0.15, 0.2) is 54.8 Å². The molecule has 0 saturated heterocycles. The van der Waals surface area contributed by atoms with E-state index >= 15 is 0 Å². The number of fused-ring (bicyclic) bond motifs is 1. The summed E-state index contributed by atoms with van der Waals surface area (Å²) in [7, 11) is 0. The summed E-state index contributed by atoms with van der Waals surface area (Å²) in [5.41, 5.74) is 2.70. The zero-order chi connectivity index (χ0) is 14.5. The van der Waals surface area contributed by atoms with E-state index in [0.717, 1.165) is 22.3 Å². The van der Waals surface area contributed by atoms with Gasteiger partial charge in [0.05, 0.1) is 5.69 Å². The molecule has 106 valence electrons. The summed E-state index contributed by atoms with van der Waals surface area (Å²) in [6.45, 7) is 4.13. The minimum absolute atomic E-state index is 0.464. The molecule has 0 amide bonds. The lowest BCUT2D eigenvalue weighted by Gasteiger charge is -2.07. The molecule has 5 nitrogen and oxygen atoms in total. The van der Waals surface area contributed by atoms with Crippen molar-refractivity contribution < 1.29 is 4.74 Å². The van der Waals surface area contributed by atoms with Crippen LogP contribution in [0.3, 0.4) is 0 Å². The van der Waals surface area contributed by atoms with Gasteiger partial charge in [0, 0.05) is 6.20 Å². The number of rotatable bonds is 6. The van der Waals surface area contributed by atoms with Crippen molar-refractivity contribution in [2.24, 2.45) is 0 Å². The van der Waals surface area contributed by atoms with Crippen LogP contribution in [0.4, 0.5) is 5.69 Å². The van der Waals surface area contributed by atoms with E-state index < -0.39 is 0 Å². The second-order valence-corrected chi connectivity index (χ2v) is 5.04. The molecule has 0 atom stereocenters. The third-order valence-electron chi connectivity index (χ3n) is 2.91. The van der Waals surface area contributed by atoms with Crippen LogP contribution in [-0.4, -0.2) is 15.0 Å². The minimum Gasteiger partial charge on any atom is -0.472 e. The molecule has 21 heavy (non-hydrogen) atoms. The number of anilines is 1. The molecule has 3 aromatic rings. The first kappa shape index (κ1) is 13.5. The number of nitrogens with zero attached hydrogens (tertiary/aromatic N) is 2. The van der Waals surface area contributed by atoms with E-state index in [1.54, 1.807) is 5.41 Å². The van der Waals surface area contributed by atoms with Crippen LogP contribution in [-0.2, 0) is 6.61 Å². The van der Waals surface area contributed by atoms with E-state index in [4.69, 9.17) is 4.74 Å². The van der Waals surface area contributed by atoms with Crippen molar-refractivity contribution in [3.63, 3.8) is 0 Å². The van der Waals surface area contributed by atoms with Crippen molar-refractivity contribution in [2.45, 2.75) is 6.61 Å². The SMILES string of the molecule is C=CSNc1c[nH]c2ncnc(OCc3ccccc3)c12. The zero-order valence-corrected chi connectivity index (χ0v) is 12.1. The Labute approximate surface area is 126 Å². The molecule has 0 saturated carbocycles. The van der Waals surface area contributed by atoms with Crippen molar-refractivity contribution in [2.75, 3.05) is 4.72 Å². The standard InChI is InChI=1S/C15H14N4OS/c1-2-21-19-12-8-16-14-13(12)15(18-10-17-14)20-9-11-6-4-3-5-7-11/h2-8,10,19H,1,9H2,(H,16,17,18). The monoisotopic (exact) mass is 298 g/mol. The molecule has 0 aliphatic carbocycles. The Kier molecular flexibility index (Phi) is 4.07. The molecule has 0 fully saturated rings. The summed E-state index contributed by atoms with van der Waals surface area (Å²) >= 11 is 1.39. The van der Waals surface area contributed by atoms with E-state index in [1.165, 1.54) is 18.3 Å². The normalized spacial score (nSPS) is 10.5. The third kappa shape index (κ3) is 3.00. The third-order valence-corrected chi connectivity index (χ3v) is 3.41. The van der Waals surface area contributed by atoms with Crippen LogP contribution in [0.5, 0.6) is 5.88 Å². The number of hydrogen-bond donors (Lipinski definition) is 2. The van der Waals surface area contributed by atoms with Gasteiger partial charge in [-0.1, -0.05) is 36.9 Å². The second-order valence-electron chi connectivity index (χ2n) is 4.27. The fourth-order valence-electron chi connectivity index (χ4n) is 1.96. The van der Waals surface area contributed by atoms with Gasteiger partial charge >= 0.3 is 0 Å². The van der Waals surface area contributed by atoms with Gasteiger partial charge in [0.2, 0.25) is 5.88 Å². The number of aromatic nitrogens is 3. The molecule has 0 aliphatic heterocycles. The van der Waals surface area contributed by atoms with Crippen molar-refractivity contribution in [1.29, 1.82) is 0 Å². The highest BCUT2D eigenvalue weighted by atomic mass is 32.2. The molecule has 0 bridgehead atoms. The number of hydrogen-bond acceptors (Lipinski definition) is 5. The van der Waals surface area contributed by atoms with Crippen LogP contribution in [0.1, 0.15) is 5.56 Å². The van der Waals surface area contributed by atoms with Gasteiger partial charge < -0.3 is 14.4 Å². The van der Waals surface area contributed by atoms with Crippen LogP contribution in [0.25, 0.3) is 11.0 Å². The first-order chi connectivity index (χ1) is 10.4. The molecule has 2 aromatic heterocycles. The van der Waals surface area contributed by atoms with Crippen LogP contribution >= 0.6 is 11.9 Å². The molecule has 0 unspecified atom stereocenters. The highest BCUT2D eigenvalue weighted by molar-refractivity contribution is 8.03. The van der Waals surface area contributed by atoms with E-state index in [-0.39, 0.29) is 0 Å². The molecule has 6 heteroatoms. The summed E-state index contributed by atoms with van der Waals surface area (Å²) in [5, 5.41) is 2.55. The van der Waals surface area contributed by atoms with Gasteiger partial charge in [0.1, 0.15) is 24.0 Å². The van der Waals surface area contributed by atoms with E-state index in [2.05, 4.69) is 26.3 Å². The predicted octanol–water partition coefficient (Wildman–Crippen LogP) is 3.74. The van der Waals surface area contributed by atoms with Crippen molar-refractivity contribution in [3.8, 4) is 5.88 Å². The molecular formula is C15H14N4OS. The smallest absolute Gasteiger partial charge is 0.228 e. The van der Waals surface area contributed by atoms with Gasteiger partial charge in [-0.05, 0) is 22.9 Å². The van der Waals surface area contributed by atoms with Gasteiger partial charge in [-0.25, -0.2) is 9.97 Å². The van der Waals surface area contributed by atoms with Crippen LogP contribution < -0.4 is 9.46 Å². The second kappa shape index (κ2) is 6.32. The highest BCUT2D eigenvalue weighted by Gasteiger charge is 2.12. The fraction of sp³-hybridized carbons (Fsp3) is 0.0667. The Morgan fingerprint density at radius 1 is 1.29 bits per heavy atom. The molecule has 3 rings (SSSR count). The topological polar surface area (TPSA) is 62.8 Å². The fourth-order valence-corrected chi connectivity index (χ4v) is 2.33. The van der Waals surface area contributed by atoms with E-state index in [9.17, 15) is 0 Å². The Bertz CT molecular complexity index is 742. The van der Waals surface area contributed by atoms with E-state index in [1.807, 2.05) is 36.5 Å². The minimum atomic E-state index is 0.464. The first-order valence-electron chi connectivity index (χ1n) is 6.40. The molecule has 2 N–H and O–H groups in total.